The van der Waals surface area contributed by atoms with Crippen LogP contribution in [0.2, 0.25) is 0 Å². The third-order valence-corrected chi connectivity index (χ3v) is 10.6. The van der Waals surface area contributed by atoms with Crippen molar-refractivity contribution >= 4 is 0 Å². The van der Waals surface area contributed by atoms with Gasteiger partial charge in [-0.05, 0) is 28.5 Å². The topological polar surface area (TPSA) is 48.9 Å². The Balaban J connectivity index is 1.44. The number of nitrogens with zero attached hydrogens (tertiary/aromatic N) is 3. The van der Waals surface area contributed by atoms with Gasteiger partial charge in [-0.25, -0.2) is 23.5 Å². The van der Waals surface area contributed by atoms with Gasteiger partial charge in [0.15, 0.2) is 0 Å². The fourth-order valence-electron chi connectivity index (χ4n) is 10.5. The van der Waals surface area contributed by atoms with E-state index in [1.165, 1.54) is 21.3 Å². The lowest BCUT2D eigenvalue weighted by atomic mass is 9.52. The highest BCUT2D eigenvalue weighted by Crippen LogP contribution is 3.07. The predicted molar refractivity (Wildman–Crippen MR) is 127 cm³/mol. The van der Waals surface area contributed by atoms with Crippen LogP contribution < -0.4 is 11.4 Å². The van der Waals surface area contributed by atoms with E-state index < -0.39 is 0 Å². The van der Waals surface area contributed by atoms with E-state index in [1.807, 2.05) is 9.36 Å². The summed E-state index contributed by atoms with van der Waals surface area (Å²) < 4.78 is 4.99. The number of rotatable bonds is 3. The minimum Gasteiger partial charge on any atom is -0.246 e. The molecule has 1 aliphatic heterocycles. The molecule has 6 aliphatic rings. The molecule has 34 heavy (non-hydrogen) atoms. The standard InChI is InChI=1S/C29H23N3O2/c1-30-25(33)31-23-20-21-24(32(31)26(30)34)22(23)29(19-15-9-4-10-16-19)27(20,17-11-5-2-6-12-17)28(21,29)18-13-7-3-8-14-18/h2-16,20-24H,1H3/t20-,21+,22?,23-,24-,27+,28-,29?/m1/s1. The van der Waals surface area contributed by atoms with Gasteiger partial charge in [0, 0.05) is 29.2 Å². The van der Waals surface area contributed by atoms with Crippen molar-refractivity contribution < 1.29 is 0 Å². The summed E-state index contributed by atoms with van der Waals surface area (Å²) in [6.45, 7) is 0. The first-order valence-corrected chi connectivity index (χ1v) is 12.2. The Morgan fingerprint density at radius 2 is 0.853 bits per heavy atom. The van der Waals surface area contributed by atoms with Gasteiger partial charge >= 0.3 is 11.4 Å². The molecule has 5 aliphatic carbocycles. The van der Waals surface area contributed by atoms with Crippen molar-refractivity contribution in [2.45, 2.75) is 28.3 Å². The monoisotopic (exact) mass is 445 g/mol. The molecule has 5 fully saturated rings. The van der Waals surface area contributed by atoms with E-state index in [2.05, 4.69) is 91.0 Å². The summed E-state index contributed by atoms with van der Waals surface area (Å²) in [5.74, 6) is 0.946. The van der Waals surface area contributed by atoms with E-state index >= 15 is 0 Å². The Labute approximate surface area is 195 Å². The van der Waals surface area contributed by atoms with E-state index in [0.717, 1.165) is 0 Å². The number of aromatic nitrogens is 3. The quantitative estimate of drug-likeness (QED) is 0.487. The molecular weight excluding hydrogens is 422 g/mol. The van der Waals surface area contributed by atoms with Crippen LogP contribution in [0.3, 0.4) is 0 Å². The highest BCUT2D eigenvalue weighted by atomic mass is 16.2. The average molecular weight is 446 g/mol. The van der Waals surface area contributed by atoms with Crippen LogP contribution in [0.25, 0.3) is 0 Å². The van der Waals surface area contributed by atoms with Crippen molar-refractivity contribution in [2.24, 2.45) is 24.8 Å². The van der Waals surface area contributed by atoms with E-state index in [4.69, 9.17) is 0 Å². The van der Waals surface area contributed by atoms with Gasteiger partial charge in [0.2, 0.25) is 0 Å². The Bertz CT molecular complexity index is 1550. The van der Waals surface area contributed by atoms with Crippen LogP contribution >= 0.6 is 0 Å². The van der Waals surface area contributed by atoms with Gasteiger partial charge < -0.3 is 0 Å². The van der Waals surface area contributed by atoms with Crippen molar-refractivity contribution in [2.75, 3.05) is 0 Å². The number of hydrogen-bond donors (Lipinski definition) is 0. The Morgan fingerprint density at radius 1 is 0.529 bits per heavy atom. The Hall–Kier alpha value is -3.60. The SMILES string of the molecule is Cn1c(=O)n2n(c1=O)[C@H]1C3[C@H]2[C@@H]2[C@H]1[C@]1(c4ccccc4)C3(c3ccccc3)[C@]21c1ccccc1. The fourth-order valence-corrected chi connectivity index (χ4v) is 10.5. The van der Waals surface area contributed by atoms with Crippen LogP contribution in [0, 0.1) is 17.8 Å². The summed E-state index contributed by atoms with van der Waals surface area (Å²) in [6.07, 6.45) is 0. The summed E-state index contributed by atoms with van der Waals surface area (Å²) in [5, 5.41) is 0. The first kappa shape index (κ1) is 17.8. The van der Waals surface area contributed by atoms with Gasteiger partial charge in [-0.1, -0.05) is 91.0 Å². The van der Waals surface area contributed by atoms with Crippen molar-refractivity contribution in [3.63, 3.8) is 0 Å². The smallest absolute Gasteiger partial charge is 0.246 e. The highest BCUT2D eigenvalue weighted by Gasteiger charge is 3.12. The van der Waals surface area contributed by atoms with Crippen LogP contribution in [0.4, 0.5) is 0 Å². The maximum absolute atomic E-state index is 13.3. The lowest BCUT2D eigenvalue weighted by molar-refractivity contribution is 0.0240. The van der Waals surface area contributed by atoms with E-state index in [-0.39, 0.29) is 45.6 Å². The number of benzene rings is 3. The second-order valence-corrected chi connectivity index (χ2v) is 10.9. The number of fused-ring (bicyclic) bond motifs is 1. The van der Waals surface area contributed by atoms with E-state index in [1.54, 1.807) is 7.05 Å². The molecule has 5 bridgehead atoms. The largest absolute Gasteiger partial charge is 0.347 e. The Morgan fingerprint density at radius 3 is 1.21 bits per heavy atom. The van der Waals surface area contributed by atoms with Crippen molar-refractivity contribution in [1.82, 2.24) is 13.9 Å². The molecule has 5 heteroatoms. The molecule has 1 aromatic heterocycles. The minimum atomic E-state index is -0.161. The van der Waals surface area contributed by atoms with Gasteiger partial charge in [0.1, 0.15) is 0 Å². The summed E-state index contributed by atoms with van der Waals surface area (Å²) in [4.78, 5) is 26.5. The second kappa shape index (κ2) is 5.07. The molecule has 5 saturated carbocycles. The molecule has 10 rings (SSSR count). The summed E-state index contributed by atoms with van der Waals surface area (Å²) in [6, 6.07) is 33.1. The van der Waals surface area contributed by atoms with Crippen molar-refractivity contribution in [3.05, 3.63) is 129 Å². The van der Waals surface area contributed by atoms with Gasteiger partial charge in [-0.3, -0.25) is 0 Å². The third kappa shape index (κ3) is 1.27. The molecule has 2 unspecified atom stereocenters. The zero-order valence-corrected chi connectivity index (χ0v) is 18.7. The lowest BCUT2D eigenvalue weighted by Gasteiger charge is -2.53. The van der Waals surface area contributed by atoms with E-state index in [9.17, 15) is 9.59 Å². The predicted octanol–water partition coefficient (Wildman–Crippen LogP) is 3.16. The fraction of sp³-hybridized carbons (Fsp3) is 0.310. The molecule has 8 atom stereocenters. The average Bonchev–Trinajstić information content (AvgIpc) is 3.36. The third-order valence-electron chi connectivity index (χ3n) is 10.6. The second-order valence-electron chi connectivity index (χ2n) is 10.9. The lowest BCUT2D eigenvalue weighted by Crippen LogP contribution is -2.57. The summed E-state index contributed by atoms with van der Waals surface area (Å²) in [5.41, 5.74) is 3.56. The van der Waals surface area contributed by atoms with E-state index in [0.29, 0.717) is 11.8 Å². The molecule has 0 N–H and O–H groups in total. The van der Waals surface area contributed by atoms with Gasteiger partial charge in [-0.2, -0.15) is 0 Å². The van der Waals surface area contributed by atoms with Crippen LogP contribution in [0.5, 0.6) is 0 Å². The first-order valence-electron chi connectivity index (χ1n) is 12.2. The van der Waals surface area contributed by atoms with Gasteiger partial charge in [0.25, 0.3) is 0 Å². The maximum Gasteiger partial charge on any atom is 0.347 e. The highest BCUT2D eigenvalue weighted by molar-refractivity contribution is 5.79. The number of hydrogen-bond acceptors (Lipinski definition) is 2. The minimum absolute atomic E-state index is 0.0585. The molecule has 0 amide bonds. The molecule has 166 valence electrons. The maximum atomic E-state index is 13.3. The van der Waals surface area contributed by atoms with Gasteiger partial charge in [0.05, 0.1) is 12.1 Å². The summed E-state index contributed by atoms with van der Waals surface area (Å²) >= 11 is 0. The van der Waals surface area contributed by atoms with Crippen molar-refractivity contribution in [1.29, 1.82) is 0 Å². The van der Waals surface area contributed by atoms with Crippen LogP contribution in [-0.4, -0.2) is 13.9 Å². The molecule has 2 heterocycles. The molecular formula is C29H23N3O2. The molecule has 0 radical (unpaired) electrons. The zero-order chi connectivity index (χ0) is 22.6. The molecule has 0 spiro atoms. The molecule has 4 aromatic rings. The summed E-state index contributed by atoms with van der Waals surface area (Å²) in [7, 11) is 1.62. The van der Waals surface area contributed by atoms with Crippen LogP contribution in [0.1, 0.15) is 28.8 Å². The van der Waals surface area contributed by atoms with Gasteiger partial charge in [-0.15, -0.1) is 0 Å². The Kier molecular flexibility index (Phi) is 2.66. The first-order chi connectivity index (χ1) is 16.7. The normalized spacial score (nSPS) is 40.8. The molecule has 3 aromatic carbocycles. The zero-order valence-electron chi connectivity index (χ0n) is 18.7. The molecule has 0 saturated heterocycles. The van der Waals surface area contributed by atoms with Crippen LogP contribution in [-0.2, 0) is 23.3 Å². The van der Waals surface area contributed by atoms with Crippen LogP contribution in [0.15, 0.2) is 101 Å². The van der Waals surface area contributed by atoms with Crippen molar-refractivity contribution in [3.8, 4) is 0 Å². The molecule has 5 nitrogen and oxygen atoms in total.